The summed E-state index contributed by atoms with van der Waals surface area (Å²) in [6.07, 6.45) is 3.04. The number of halogens is 1. The maximum Gasteiger partial charge on any atom is 0.179 e. The molecule has 1 aliphatic heterocycles. The van der Waals surface area contributed by atoms with Crippen LogP contribution < -0.4 is 14.8 Å². The van der Waals surface area contributed by atoms with Crippen LogP contribution in [0.15, 0.2) is 12.1 Å². The van der Waals surface area contributed by atoms with Gasteiger partial charge in [-0.1, -0.05) is 11.6 Å². The van der Waals surface area contributed by atoms with E-state index < -0.39 is 0 Å². The number of benzene rings is 1. The van der Waals surface area contributed by atoms with Crippen molar-refractivity contribution in [1.29, 1.82) is 0 Å². The second kappa shape index (κ2) is 11.0. The molecular formula is C20H33ClN2O3. The molecule has 0 bridgehead atoms. The molecule has 1 aromatic carbocycles. The SMILES string of the molecule is CCOc1cc(CNCCCCN2C[C@@H](C)O[C@@H](C)C2)cc(Cl)c1OC. The summed E-state index contributed by atoms with van der Waals surface area (Å²) in [6.45, 7) is 11.8. The molecule has 0 unspecified atom stereocenters. The second-order valence-electron chi connectivity index (χ2n) is 6.94. The topological polar surface area (TPSA) is 43.0 Å². The van der Waals surface area contributed by atoms with Crippen molar-refractivity contribution in [2.75, 3.05) is 39.9 Å². The van der Waals surface area contributed by atoms with Gasteiger partial charge in [0.2, 0.25) is 0 Å². The van der Waals surface area contributed by atoms with E-state index in [-0.39, 0.29) is 0 Å². The van der Waals surface area contributed by atoms with E-state index in [0.717, 1.165) is 44.7 Å². The molecule has 1 aliphatic rings. The summed E-state index contributed by atoms with van der Waals surface area (Å²) in [5.74, 6) is 1.31. The average molecular weight is 385 g/mol. The molecule has 148 valence electrons. The molecule has 2 atom stereocenters. The average Bonchev–Trinajstić information content (AvgIpc) is 2.57. The standard InChI is InChI=1S/C20H33ClN2O3/c1-5-25-19-11-17(10-18(21)20(19)24-4)12-22-8-6-7-9-23-13-15(2)26-16(3)14-23/h10-11,15-16,22H,5-9,12-14H2,1-4H3/t15-,16+. The van der Waals surface area contributed by atoms with Crippen LogP contribution in [0.25, 0.3) is 0 Å². The summed E-state index contributed by atoms with van der Waals surface area (Å²) in [5, 5.41) is 4.08. The molecule has 5 nitrogen and oxygen atoms in total. The van der Waals surface area contributed by atoms with Gasteiger partial charge in [0, 0.05) is 19.6 Å². The predicted octanol–water partition coefficient (Wildman–Crippen LogP) is 3.73. The number of hydrogen-bond donors (Lipinski definition) is 1. The molecule has 1 aromatic rings. The lowest BCUT2D eigenvalue weighted by Crippen LogP contribution is -2.45. The van der Waals surface area contributed by atoms with E-state index in [1.807, 2.05) is 19.1 Å². The summed E-state index contributed by atoms with van der Waals surface area (Å²) in [5.41, 5.74) is 1.11. The van der Waals surface area contributed by atoms with Gasteiger partial charge in [0.25, 0.3) is 0 Å². The first-order valence-corrected chi connectivity index (χ1v) is 9.99. The van der Waals surface area contributed by atoms with Gasteiger partial charge < -0.3 is 19.5 Å². The molecule has 1 saturated heterocycles. The van der Waals surface area contributed by atoms with Gasteiger partial charge >= 0.3 is 0 Å². The lowest BCUT2D eigenvalue weighted by molar-refractivity contribution is -0.0681. The van der Waals surface area contributed by atoms with Crippen LogP contribution in [0.3, 0.4) is 0 Å². The van der Waals surface area contributed by atoms with Crippen molar-refractivity contribution < 1.29 is 14.2 Å². The van der Waals surface area contributed by atoms with Crippen molar-refractivity contribution in [3.63, 3.8) is 0 Å². The predicted molar refractivity (Wildman–Crippen MR) is 107 cm³/mol. The quantitative estimate of drug-likeness (QED) is 0.622. The van der Waals surface area contributed by atoms with E-state index in [4.69, 9.17) is 25.8 Å². The highest BCUT2D eigenvalue weighted by molar-refractivity contribution is 6.32. The zero-order chi connectivity index (χ0) is 18.9. The van der Waals surface area contributed by atoms with Gasteiger partial charge in [0.1, 0.15) is 0 Å². The molecule has 0 spiro atoms. The fourth-order valence-electron chi connectivity index (χ4n) is 3.47. The minimum atomic E-state index is 0.344. The second-order valence-corrected chi connectivity index (χ2v) is 7.35. The number of nitrogens with zero attached hydrogens (tertiary/aromatic N) is 1. The number of unbranched alkanes of at least 4 members (excludes halogenated alkanes) is 1. The van der Waals surface area contributed by atoms with Crippen molar-refractivity contribution in [2.24, 2.45) is 0 Å². The minimum Gasteiger partial charge on any atom is -0.491 e. The van der Waals surface area contributed by atoms with E-state index in [0.29, 0.717) is 35.3 Å². The monoisotopic (exact) mass is 384 g/mol. The molecular weight excluding hydrogens is 352 g/mol. The molecule has 1 N–H and O–H groups in total. The summed E-state index contributed by atoms with van der Waals surface area (Å²) < 4.78 is 16.7. The molecule has 0 radical (unpaired) electrons. The molecule has 6 heteroatoms. The number of methoxy groups -OCH3 is 1. The molecule has 26 heavy (non-hydrogen) atoms. The Morgan fingerprint density at radius 3 is 2.62 bits per heavy atom. The van der Waals surface area contributed by atoms with Crippen LogP contribution >= 0.6 is 11.6 Å². The first kappa shape index (κ1) is 21.3. The summed E-state index contributed by atoms with van der Waals surface area (Å²) in [4.78, 5) is 2.51. The Kier molecular flexibility index (Phi) is 8.99. The zero-order valence-corrected chi connectivity index (χ0v) is 17.3. The fourth-order valence-corrected chi connectivity index (χ4v) is 3.78. The van der Waals surface area contributed by atoms with Crippen LogP contribution in [0.1, 0.15) is 39.2 Å². The van der Waals surface area contributed by atoms with Crippen molar-refractivity contribution in [1.82, 2.24) is 10.2 Å². The first-order valence-electron chi connectivity index (χ1n) is 9.61. The maximum atomic E-state index is 6.29. The van der Waals surface area contributed by atoms with E-state index in [2.05, 4.69) is 24.1 Å². The Morgan fingerprint density at radius 1 is 1.23 bits per heavy atom. The molecule has 0 aliphatic carbocycles. The first-order chi connectivity index (χ1) is 12.5. The normalized spacial score (nSPS) is 21.0. The van der Waals surface area contributed by atoms with Gasteiger partial charge in [-0.3, -0.25) is 4.90 Å². The van der Waals surface area contributed by atoms with E-state index in [1.165, 1.54) is 6.42 Å². The van der Waals surface area contributed by atoms with Crippen LogP contribution in [-0.4, -0.2) is 57.0 Å². The number of nitrogens with one attached hydrogen (secondary N) is 1. The molecule has 0 amide bonds. The van der Waals surface area contributed by atoms with Crippen molar-refractivity contribution in [2.45, 2.75) is 52.4 Å². The number of ether oxygens (including phenoxy) is 3. The Morgan fingerprint density at radius 2 is 1.96 bits per heavy atom. The Bertz CT molecular complexity index is 546. The summed E-state index contributed by atoms with van der Waals surface area (Å²) in [6, 6.07) is 3.93. The van der Waals surface area contributed by atoms with Crippen LogP contribution in [-0.2, 0) is 11.3 Å². The minimum absolute atomic E-state index is 0.344. The Labute approximate surface area is 162 Å². The van der Waals surface area contributed by atoms with E-state index >= 15 is 0 Å². The number of rotatable bonds is 10. The largest absolute Gasteiger partial charge is 0.491 e. The molecule has 0 aromatic heterocycles. The third-order valence-corrected chi connectivity index (χ3v) is 4.76. The molecule has 0 saturated carbocycles. The van der Waals surface area contributed by atoms with Crippen LogP contribution in [0.4, 0.5) is 0 Å². The fraction of sp³-hybridized carbons (Fsp3) is 0.700. The Hall–Kier alpha value is -1.01. The highest BCUT2D eigenvalue weighted by Crippen LogP contribution is 2.36. The van der Waals surface area contributed by atoms with Crippen molar-refractivity contribution in [3.8, 4) is 11.5 Å². The summed E-state index contributed by atoms with van der Waals surface area (Å²) >= 11 is 6.29. The van der Waals surface area contributed by atoms with Gasteiger partial charge in [-0.15, -0.1) is 0 Å². The van der Waals surface area contributed by atoms with Gasteiger partial charge in [-0.05, 0) is 64.4 Å². The highest BCUT2D eigenvalue weighted by Gasteiger charge is 2.21. The molecule has 2 rings (SSSR count). The van der Waals surface area contributed by atoms with Gasteiger partial charge in [0.15, 0.2) is 11.5 Å². The Balaban J connectivity index is 1.69. The lowest BCUT2D eigenvalue weighted by Gasteiger charge is -2.35. The smallest absolute Gasteiger partial charge is 0.179 e. The third kappa shape index (κ3) is 6.62. The molecule has 1 heterocycles. The van der Waals surface area contributed by atoms with Crippen LogP contribution in [0.2, 0.25) is 5.02 Å². The number of morpholine rings is 1. The zero-order valence-electron chi connectivity index (χ0n) is 16.5. The number of hydrogen-bond acceptors (Lipinski definition) is 5. The van der Waals surface area contributed by atoms with Gasteiger partial charge in [-0.2, -0.15) is 0 Å². The van der Waals surface area contributed by atoms with Crippen LogP contribution in [0, 0.1) is 0 Å². The van der Waals surface area contributed by atoms with E-state index in [1.54, 1.807) is 7.11 Å². The third-order valence-electron chi connectivity index (χ3n) is 4.48. The van der Waals surface area contributed by atoms with Gasteiger partial charge in [-0.25, -0.2) is 0 Å². The maximum absolute atomic E-state index is 6.29. The van der Waals surface area contributed by atoms with Crippen molar-refractivity contribution in [3.05, 3.63) is 22.7 Å². The highest BCUT2D eigenvalue weighted by atomic mass is 35.5. The van der Waals surface area contributed by atoms with E-state index in [9.17, 15) is 0 Å². The van der Waals surface area contributed by atoms with Gasteiger partial charge in [0.05, 0.1) is 30.9 Å². The lowest BCUT2D eigenvalue weighted by atomic mass is 10.2. The van der Waals surface area contributed by atoms with Crippen LogP contribution in [0.5, 0.6) is 11.5 Å². The molecule has 1 fully saturated rings. The van der Waals surface area contributed by atoms with Crippen molar-refractivity contribution >= 4 is 11.6 Å². The summed E-state index contributed by atoms with van der Waals surface area (Å²) in [7, 11) is 1.61.